The maximum Gasteiger partial charge on any atom is 0.150 e. The molecule has 1 fully saturated rings. The van der Waals surface area contributed by atoms with Gasteiger partial charge in [-0.25, -0.2) is 0 Å². The zero-order chi connectivity index (χ0) is 10.8. The van der Waals surface area contributed by atoms with E-state index in [1.807, 2.05) is 26.0 Å². The summed E-state index contributed by atoms with van der Waals surface area (Å²) in [6.45, 7) is 4.90. The van der Waals surface area contributed by atoms with E-state index >= 15 is 0 Å². The topological polar surface area (TPSA) is 38.7 Å². The second kappa shape index (κ2) is 4.21. The van der Waals surface area contributed by atoms with Crippen molar-refractivity contribution in [3.63, 3.8) is 0 Å². The second-order valence-electron chi connectivity index (χ2n) is 4.08. The molecule has 82 valence electrons. The molecule has 0 aromatic heterocycles. The van der Waals surface area contributed by atoms with E-state index in [4.69, 9.17) is 9.47 Å². The summed E-state index contributed by atoms with van der Waals surface area (Å²) in [5.41, 5.74) is 2.33. The lowest BCUT2D eigenvalue weighted by molar-refractivity contribution is 0.0733. The van der Waals surface area contributed by atoms with Crippen molar-refractivity contribution in [1.82, 2.24) is 0 Å². The first-order valence-corrected chi connectivity index (χ1v) is 5.16. The summed E-state index contributed by atoms with van der Waals surface area (Å²) in [4.78, 5) is 0. The SMILES string of the molecule is Cc1cc(C)cc(O[C@@H]2COC[C@H]2O)c1. The van der Waals surface area contributed by atoms with Crippen LogP contribution in [0.25, 0.3) is 0 Å². The molecule has 1 aromatic rings. The smallest absolute Gasteiger partial charge is 0.150 e. The van der Waals surface area contributed by atoms with Crippen molar-refractivity contribution in [2.24, 2.45) is 0 Å². The van der Waals surface area contributed by atoms with Crippen LogP contribution < -0.4 is 4.74 Å². The Morgan fingerprint density at radius 1 is 1.20 bits per heavy atom. The Bertz CT molecular complexity index is 328. The highest BCUT2D eigenvalue weighted by atomic mass is 16.6. The van der Waals surface area contributed by atoms with Gasteiger partial charge in [0.1, 0.15) is 18.0 Å². The summed E-state index contributed by atoms with van der Waals surface area (Å²) in [6, 6.07) is 6.03. The van der Waals surface area contributed by atoms with E-state index in [0.29, 0.717) is 13.2 Å². The fourth-order valence-corrected chi connectivity index (χ4v) is 1.81. The van der Waals surface area contributed by atoms with Crippen molar-refractivity contribution in [2.75, 3.05) is 13.2 Å². The number of hydrogen-bond acceptors (Lipinski definition) is 3. The van der Waals surface area contributed by atoms with Crippen molar-refractivity contribution in [1.29, 1.82) is 0 Å². The van der Waals surface area contributed by atoms with Crippen LogP contribution in [0.15, 0.2) is 18.2 Å². The highest BCUT2D eigenvalue weighted by molar-refractivity contribution is 5.33. The van der Waals surface area contributed by atoms with Crippen LogP contribution in [0.3, 0.4) is 0 Å². The molecule has 1 N–H and O–H groups in total. The Morgan fingerprint density at radius 2 is 1.87 bits per heavy atom. The Kier molecular flexibility index (Phi) is 2.93. The van der Waals surface area contributed by atoms with Crippen molar-refractivity contribution in [2.45, 2.75) is 26.1 Å². The number of rotatable bonds is 2. The normalized spacial score (nSPS) is 25.5. The summed E-state index contributed by atoms with van der Waals surface area (Å²) in [6.07, 6.45) is -0.739. The van der Waals surface area contributed by atoms with Gasteiger partial charge in [-0.1, -0.05) is 6.07 Å². The van der Waals surface area contributed by atoms with E-state index in [1.54, 1.807) is 0 Å². The molecule has 2 rings (SSSR count). The second-order valence-corrected chi connectivity index (χ2v) is 4.08. The Labute approximate surface area is 89.6 Å². The van der Waals surface area contributed by atoms with Crippen molar-refractivity contribution >= 4 is 0 Å². The predicted molar refractivity (Wildman–Crippen MR) is 57.2 cm³/mol. The summed E-state index contributed by atoms with van der Waals surface area (Å²) in [5, 5.41) is 9.54. The van der Waals surface area contributed by atoms with Gasteiger partial charge in [0.15, 0.2) is 0 Å². The van der Waals surface area contributed by atoms with E-state index in [0.717, 1.165) is 5.75 Å². The molecule has 0 radical (unpaired) electrons. The van der Waals surface area contributed by atoms with E-state index in [2.05, 4.69) is 6.07 Å². The Balaban J connectivity index is 2.10. The minimum Gasteiger partial charge on any atom is -0.485 e. The molecule has 1 aliphatic heterocycles. The first-order valence-electron chi connectivity index (χ1n) is 5.16. The van der Waals surface area contributed by atoms with Gasteiger partial charge in [0.2, 0.25) is 0 Å². The van der Waals surface area contributed by atoms with Crippen LogP contribution in [0.2, 0.25) is 0 Å². The van der Waals surface area contributed by atoms with Gasteiger partial charge in [0.25, 0.3) is 0 Å². The molecule has 0 amide bonds. The third-order valence-electron chi connectivity index (χ3n) is 2.48. The average Bonchev–Trinajstić information content (AvgIpc) is 2.50. The highest BCUT2D eigenvalue weighted by Crippen LogP contribution is 2.20. The number of aliphatic hydroxyl groups excluding tert-OH is 1. The molecule has 1 saturated heterocycles. The zero-order valence-electron chi connectivity index (χ0n) is 9.06. The number of aliphatic hydroxyl groups is 1. The largest absolute Gasteiger partial charge is 0.485 e. The first-order chi connectivity index (χ1) is 7.15. The molecule has 15 heavy (non-hydrogen) atoms. The summed E-state index contributed by atoms with van der Waals surface area (Å²) in [5.74, 6) is 0.807. The maximum absolute atomic E-state index is 9.54. The molecule has 1 aromatic carbocycles. The fraction of sp³-hybridized carbons (Fsp3) is 0.500. The van der Waals surface area contributed by atoms with E-state index in [1.165, 1.54) is 11.1 Å². The highest BCUT2D eigenvalue weighted by Gasteiger charge is 2.27. The van der Waals surface area contributed by atoms with Crippen molar-refractivity contribution < 1.29 is 14.6 Å². The standard InChI is InChI=1S/C12H16O3/c1-8-3-9(2)5-10(4-8)15-12-7-14-6-11(12)13/h3-5,11-13H,6-7H2,1-2H3/t11-,12-/m1/s1. The molecule has 2 atom stereocenters. The molecule has 0 bridgehead atoms. The lowest BCUT2D eigenvalue weighted by atomic mass is 10.1. The lowest BCUT2D eigenvalue weighted by Gasteiger charge is -2.16. The van der Waals surface area contributed by atoms with Crippen LogP contribution in [0.4, 0.5) is 0 Å². The molecule has 3 nitrogen and oxygen atoms in total. The van der Waals surface area contributed by atoms with Crippen LogP contribution in [0.5, 0.6) is 5.75 Å². The van der Waals surface area contributed by atoms with Gasteiger partial charge in [-0.05, 0) is 37.1 Å². The van der Waals surface area contributed by atoms with E-state index < -0.39 is 6.10 Å². The molecular formula is C12H16O3. The third-order valence-corrected chi connectivity index (χ3v) is 2.48. The van der Waals surface area contributed by atoms with E-state index in [9.17, 15) is 5.11 Å². The molecule has 1 aliphatic rings. The van der Waals surface area contributed by atoms with E-state index in [-0.39, 0.29) is 6.10 Å². The van der Waals surface area contributed by atoms with Gasteiger partial charge >= 0.3 is 0 Å². The Morgan fingerprint density at radius 3 is 2.40 bits per heavy atom. The molecule has 1 heterocycles. The number of aryl methyl sites for hydroxylation is 2. The zero-order valence-corrected chi connectivity index (χ0v) is 9.06. The summed E-state index contributed by atoms with van der Waals surface area (Å²) < 4.78 is 10.8. The maximum atomic E-state index is 9.54. The van der Waals surface area contributed by atoms with Gasteiger partial charge in [-0.2, -0.15) is 0 Å². The molecule has 0 unspecified atom stereocenters. The van der Waals surface area contributed by atoms with Crippen LogP contribution in [-0.2, 0) is 4.74 Å². The number of hydrogen-bond donors (Lipinski definition) is 1. The summed E-state index contributed by atoms with van der Waals surface area (Å²) >= 11 is 0. The Hall–Kier alpha value is -1.06. The number of benzene rings is 1. The summed E-state index contributed by atoms with van der Waals surface area (Å²) in [7, 11) is 0. The van der Waals surface area contributed by atoms with Crippen LogP contribution >= 0.6 is 0 Å². The van der Waals surface area contributed by atoms with Crippen LogP contribution in [-0.4, -0.2) is 30.5 Å². The monoisotopic (exact) mass is 208 g/mol. The molecular weight excluding hydrogens is 192 g/mol. The van der Waals surface area contributed by atoms with Gasteiger partial charge in [0.05, 0.1) is 13.2 Å². The minimum absolute atomic E-state index is 0.230. The fourth-order valence-electron chi connectivity index (χ4n) is 1.81. The van der Waals surface area contributed by atoms with Crippen molar-refractivity contribution in [3.8, 4) is 5.75 Å². The predicted octanol–water partition coefficient (Wildman–Crippen LogP) is 1.44. The first kappa shape index (κ1) is 10.5. The third kappa shape index (κ3) is 2.49. The molecule has 3 heteroatoms. The van der Waals surface area contributed by atoms with Gasteiger partial charge in [-0.15, -0.1) is 0 Å². The van der Waals surface area contributed by atoms with Gasteiger partial charge in [-0.3, -0.25) is 0 Å². The molecule has 0 aliphatic carbocycles. The van der Waals surface area contributed by atoms with Gasteiger partial charge < -0.3 is 14.6 Å². The average molecular weight is 208 g/mol. The molecule has 0 saturated carbocycles. The molecule has 0 spiro atoms. The van der Waals surface area contributed by atoms with Gasteiger partial charge in [0, 0.05) is 0 Å². The lowest BCUT2D eigenvalue weighted by Crippen LogP contribution is -2.29. The van der Waals surface area contributed by atoms with Crippen LogP contribution in [0.1, 0.15) is 11.1 Å². The number of ether oxygens (including phenoxy) is 2. The van der Waals surface area contributed by atoms with Crippen LogP contribution in [0, 0.1) is 13.8 Å². The minimum atomic E-state index is -0.509. The quantitative estimate of drug-likeness (QED) is 0.799. The van der Waals surface area contributed by atoms with Crippen molar-refractivity contribution in [3.05, 3.63) is 29.3 Å².